The van der Waals surface area contributed by atoms with Crippen LogP contribution in [0.4, 0.5) is 5.69 Å². The van der Waals surface area contributed by atoms with Gasteiger partial charge in [0.25, 0.3) is 5.91 Å². The van der Waals surface area contributed by atoms with Crippen LogP contribution in [0.2, 0.25) is 0 Å². The maximum Gasteiger partial charge on any atom is 0.251 e. The van der Waals surface area contributed by atoms with E-state index in [0.29, 0.717) is 13.1 Å². The lowest BCUT2D eigenvalue weighted by Crippen LogP contribution is -2.51. The number of methoxy groups -OCH3 is 1. The third-order valence-corrected chi connectivity index (χ3v) is 3.37. The highest BCUT2D eigenvalue weighted by Gasteiger charge is 2.24. The SMILES string of the molecule is COc1ccccc1N1CCN(C(=O)C(C)O)CC1. The number of aliphatic hydroxyl groups excluding tert-OH is 1. The van der Waals surface area contributed by atoms with Crippen molar-refractivity contribution in [3.05, 3.63) is 24.3 Å². The fourth-order valence-corrected chi connectivity index (χ4v) is 2.32. The highest BCUT2D eigenvalue weighted by molar-refractivity contribution is 5.80. The summed E-state index contributed by atoms with van der Waals surface area (Å²) in [5.74, 6) is 0.650. The number of benzene rings is 1. The molecule has 0 aromatic heterocycles. The minimum atomic E-state index is -0.919. The Kier molecular flexibility index (Phi) is 4.27. The number of ether oxygens (including phenoxy) is 1. The molecule has 5 heteroatoms. The van der Waals surface area contributed by atoms with Crippen LogP contribution in [0.3, 0.4) is 0 Å². The van der Waals surface area contributed by atoms with Gasteiger partial charge in [-0.05, 0) is 19.1 Å². The Labute approximate surface area is 113 Å². The summed E-state index contributed by atoms with van der Waals surface area (Å²) in [4.78, 5) is 15.6. The van der Waals surface area contributed by atoms with Crippen molar-refractivity contribution >= 4 is 11.6 Å². The first kappa shape index (κ1) is 13.7. The van der Waals surface area contributed by atoms with Crippen LogP contribution in [-0.2, 0) is 4.79 Å². The van der Waals surface area contributed by atoms with Gasteiger partial charge < -0.3 is 19.6 Å². The Bertz CT molecular complexity index is 440. The molecule has 1 amide bonds. The van der Waals surface area contributed by atoms with Gasteiger partial charge >= 0.3 is 0 Å². The number of hydrogen-bond donors (Lipinski definition) is 1. The quantitative estimate of drug-likeness (QED) is 0.874. The number of aliphatic hydroxyl groups is 1. The predicted octanol–water partition coefficient (Wildman–Crippen LogP) is 0.725. The van der Waals surface area contributed by atoms with E-state index in [4.69, 9.17) is 4.74 Å². The molecular formula is C14H20N2O3. The molecule has 1 aromatic rings. The van der Waals surface area contributed by atoms with Crippen LogP contribution in [-0.4, -0.2) is 55.3 Å². The minimum Gasteiger partial charge on any atom is -0.495 e. The van der Waals surface area contributed by atoms with E-state index in [-0.39, 0.29) is 5.91 Å². The normalized spacial score (nSPS) is 17.2. The number of carbonyl (C=O) groups excluding carboxylic acids is 1. The molecule has 0 bridgehead atoms. The number of para-hydroxylation sites is 2. The molecule has 0 saturated carbocycles. The Hall–Kier alpha value is -1.75. The van der Waals surface area contributed by atoms with Crippen LogP contribution in [0, 0.1) is 0 Å². The Morgan fingerprint density at radius 2 is 1.89 bits per heavy atom. The third-order valence-electron chi connectivity index (χ3n) is 3.37. The summed E-state index contributed by atoms with van der Waals surface area (Å²) in [6.45, 7) is 4.26. The van der Waals surface area contributed by atoms with Crippen LogP contribution in [0.1, 0.15) is 6.92 Å². The number of rotatable bonds is 3. The number of anilines is 1. The van der Waals surface area contributed by atoms with E-state index in [1.54, 1.807) is 12.0 Å². The lowest BCUT2D eigenvalue weighted by Gasteiger charge is -2.37. The van der Waals surface area contributed by atoms with Gasteiger partial charge in [-0.3, -0.25) is 4.79 Å². The first-order valence-corrected chi connectivity index (χ1v) is 6.48. The summed E-state index contributed by atoms with van der Waals surface area (Å²) < 4.78 is 5.35. The Morgan fingerprint density at radius 1 is 1.26 bits per heavy atom. The molecule has 1 saturated heterocycles. The van der Waals surface area contributed by atoms with Gasteiger partial charge in [-0.2, -0.15) is 0 Å². The number of carbonyl (C=O) groups is 1. The van der Waals surface area contributed by atoms with Crippen molar-refractivity contribution in [2.45, 2.75) is 13.0 Å². The van der Waals surface area contributed by atoms with Gasteiger partial charge in [0.15, 0.2) is 0 Å². The topological polar surface area (TPSA) is 53.0 Å². The van der Waals surface area contributed by atoms with Gasteiger partial charge in [0, 0.05) is 26.2 Å². The highest BCUT2D eigenvalue weighted by atomic mass is 16.5. The second-order valence-corrected chi connectivity index (χ2v) is 4.66. The van der Waals surface area contributed by atoms with Gasteiger partial charge in [0.2, 0.25) is 0 Å². The van der Waals surface area contributed by atoms with Gasteiger partial charge in [0.1, 0.15) is 11.9 Å². The molecule has 1 aliphatic heterocycles. The molecule has 1 aliphatic rings. The van der Waals surface area contributed by atoms with Crippen LogP contribution in [0.5, 0.6) is 5.75 Å². The molecule has 19 heavy (non-hydrogen) atoms. The first-order valence-electron chi connectivity index (χ1n) is 6.48. The predicted molar refractivity (Wildman–Crippen MR) is 73.5 cm³/mol. The van der Waals surface area contributed by atoms with E-state index >= 15 is 0 Å². The van der Waals surface area contributed by atoms with E-state index < -0.39 is 6.10 Å². The van der Waals surface area contributed by atoms with Gasteiger partial charge in [0.05, 0.1) is 12.8 Å². The largest absolute Gasteiger partial charge is 0.495 e. The highest BCUT2D eigenvalue weighted by Crippen LogP contribution is 2.28. The van der Waals surface area contributed by atoms with Crippen LogP contribution >= 0.6 is 0 Å². The molecule has 104 valence electrons. The van der Waals surface area contributed by atoms with Crippen molar-refractivity contribution in [1.82, 2.24) is 4.90 Å². The van der Waals surface area contributed by atoms with Crippen molar-refractivity contribution in [3.8, 4) is 5.75 Å². The molecule has 0 radical (unpaired) electrons. The maximum absolute atomic E-state index is 11.7. The zero-order valence-corrected chi connectivity index (χ0v) is 11.4. The van der Waals surface area contributed by atoms with E-state index in [9.17, 15) is 9.90 Å². The van der Waals surface area contributed by atoms with Gasteiger partial charge in [-0.1, -0.05) is 12.1 Å². The molecule has 1 aromatic carbocycles. The first-order chi connectivity index (χ1) is 9.13. The molecular weight excluding hydrogens is 244 g/mol. The fourth-order valence-electron chi connectivity index (χ4n) is 2.32. The molecule has 1 atom stereocenters. The monoisotopic (exact) mass is 264 g/mol. The van der Waals surface area contributed by atoms with Crippen LogP contribution in [0.15, 0.2) is 24.3 Å². The van der Waals surface area contributed by atoms with E-state index in [1.165, 1.54) is 6.92 Å². The summed E-state index contributed by atoms with van der Waals surface area (Å²) in [5.41, 5.74) is 1.05. The molecule has 2 rings (SSSR count). The van der Waals surface area contributed by atoms with Crippen LogP contribution < -0.4 is 9.64 Å². The van der Waals surface area contributed by atoms with E-state index in [1.807, 2.05) is 24.3 Å². The van der Waals surface area contributed by atoms with Crippen molar-refractivity contribution in [1.29, 1.82) is 0 Å². The van der Waals surface area contributed by atoms with Crippen molar-refractivity contribution in [2.75, 3.05) is 38.2 Å². The summed E-state index contributed by atoms with van der Waals surface area (Å²) in [6.07, 6.45) is -0.919. The molecule has 5 nitrogen and oxygen atoms in total. The van der Waals surface area contributed by atoms with E-state index in [2.05, 4.69) is 4.90 Å². The van der Waals surface area contributed by atoms with Crippen molar-refractivity contribution in [3.63, 3.8) is 0 Å². The molecule has 1 fully saturated rings. The lowest BCUT2D eigenvalue weighted by molar-refractivity contribution is -0.139. The second kappa shape index (κ2) is 5.93. The van der Waals surface area contributed by atoms with Crippen molar-refractivity contribution < 1.29 is 14.6 Å². The second-order valence-electron chi connectivity index (χ2n) is 4.66. The summed E-state index contributed by atoms with van der Waals surface area (Å²) in [6, 6.07) is 7.87. The fraction of sp³-hybridized carbons (Fsp3) is 0.500. The van der Waals surface area contributed by atoms with Gasteiger partial charge in [-0.15, -0.1) is 0 Å². The summed E-state index contributed by atoms with van der Waals surface area (Å²) in [7, 11) is 1.66. The number of hydrogen-bond acceptors (Lipinski definition) is 4. The average Bonchev–Trinajstić information content (AvgIpc) is 2.46. The molecule has 1 N–H and O–H groups in total. The average molecular weight is 264 g/mol. The Morgan fingerprint density at radius 3 is 2.47 bits per heavy atom. The molecule has 0 spiro atoms. The smallest absolute Gasteiger partial charge is 0.251 e. The summed E-state index contributed by atoms with van der Waals surface area (Å²) >= 11 is 0. The molecule has 1 unspecified atom stereocenters. The zero-order valence-electron chi connectivity index (χ0n) is 11.4. The minimum absolute atomic E-state index is 0.195. The molecule has 1 heterocycles. The Balaban J connectivity index is 2.02. The number of piperazine rings is 1. The zero-order chi connectivity index (χ0) is 13.8. The van der Waals surface area contributed by atoms with Crippen molar-refractivity contribution in [2.24, 2.45) is 0 Å². The summed E-state index contributed by atoms with van der Waals surface area (Å²) in [5, 5.41) is 9.31. The standard InChI is InChI=1S/C14H20N2O3/c1-11(17)14(18)16-9-7-15(8-10-16)12-5-3-4-6-13(12)19-2/h3-6,11,17H,7-10H2,1-2H3. The number of amides is 1. The third kappa shape index (κ3) is 2.98. The lowest BCUT2D eigenvalue weighted by atomic mass is 10.2. The van der Waals surface area contributed by atoms with Gasteiger partial charge in [-0.25, -0.2) is 0 Å². The number of nitrogens with zero attached hydrogens (tertiary/aromatic N) is 2. The van der Waals surface area contributed by atoms with Crippen LogP contribution in [0.25, 0.3) is 0 Å². The maximum atomic E-state index is 11.7. The molecule has 0 aliphatic carbocycles. The van der Waals surface area contributed by atoms with E-state index in [0.717, 1.165) is 24.5 Å².